The van der Waals surface area contributed by atoms with Crippen LogP contribution in [0.4, 0.5) is 4.79 Å². The fourth-order valence-electron chi connectivity index (χ4n) is 4.24. The maximum atomic E-state index is 13.7. The third kappa shape index (κ3) is 2.82. The van der Waals surface area contributed by atoms with Crippen LogP contribution in [0, 0.1) is 0 Å². The minimum Gasteiger partial charge on any atom is -0.275 e. The van der Waals surface area contributed by atoms with Gasteiger partial charge in [-0.3, -0.25) is 14.9 Å². The van der Waals surface area contributed by atoms with E-state index in [1.165, 1.54) is 0 Å². The molecular formula is C26H18N2O3. The molecule has 150 valence electrons. The molecule has 5 nitrogen and oxygen atoms in total. The largest absolute Gasteiger partial charge is 0.332 e. The van der Waals surface area contributed by atoms with Crippen LogP contribution in [0.15, 0.2) is 103 Å². The number of hydrogen-bond acceptors (Lipinski definition) is 3. The van der Waals surface area contributed by atoms with Gasteiger partial charge in [-0.1, -0.05) is 91.0 Å². The van der Waals surface area contributed by atoms with Gasteiger partial charge in [-0.2, -0.15) is 0 Å². The van der Waals surface area contributed by atoms with Crippen molar-refractivity contribution < 1.29 is 14.4 Å². The number of rotatable bonds is 3. The molecule has 31 heavy (non-hydrogen) atoms. The second-order valence-corrected chi connectivity index (χ2v) is 7.40. The van der Waals surface area contributed by atoms with Gasteiger partial charge in [0.1, 0.15) is 0 Å². The lowest BCUT2D eigenvalue weighted by Gasteiger charge is -2.35. The third-order valence-corrected chi connectivity index (χ3v) is 5.67. The van der Waals surface area contributed by atoms with E-state index < -0.39 is 23.4 Å². The van der Waals surface area contributed by atoms with E-state index in [2.05, 4.69) is 5.32 Å². The molecule has 1 heterocycles. The summed E-state index contributed by atoms with van der Waals surface area (Å²) in [6, 6.07) is 30.0. The molecule has 0 spiro atoms. The maximum absolute atomic E-state index is 13.7. The van der Waals surface area contributed by atoms with Crippen LogP contribution in [0.3, 0.4) is 0 Å². The summed E-state index contributed by atoms with van der Waals surface area (Å²) in [5.74, 6) is -1.09. The van der Waals surface area contributed by atoms with E-state index in [1.54, 1.807) is 60.7 Å². The summed E-state index contributed by atoms with van der Waals surface area (Å²) in [7, 11) is 0. The smallest absolute Gasteiger partial charge is 0.275 e. The lowest BCUT2D eigenvalue weighted by molar-refractivity contribution is -0.124. The molecule has 0 aliphatic carbocycles. The van der Waals surface area contributed by atoms with Gasteiger partial charge in [-0.05, 0) is 34.0 Å². The highest BCUT2D eigenvalue weighted by Crippen LogP contribution is 2.40. The van der Waals surface area contributed by atoms with E-state index in [9.17, 15) is 14.4 Å². The highest BCUT2D eigenvalue weighted by Gasteiger charge is 2.58. The van der Waals surface area contributed by atoms with Gasteiger partial charge in [0, 0.05) is 5.56 Å². The number of fused-ring (bicyclic) bond motifs is 1. The number of urea groups is 1. The standard InChI is InChI=1S/C26H18N2O3/c29-23(20-16-15-18-9-7-8-10-19(18)17-20)28-25(31)27-24(30)26(28,21-11-3-1-4-12-21)22-13-5-2-6-14-22/h1-17H,(H,27,30,31). The van der Waals surface area contributed by atoms with Gasteiger partial charge < -0.3 is 0 Å². The zero-order valence-electron chi connectivity index (χ0n) is 16.5. The Labute approximate surface area is 178 Å². The number of imide groups is 2. The molecule has 0 radical (unpaired) electrons. The Morgan fingerprint density at radius 3 is 1.84 bits per heavy atom. The topological polar surface area (TPSA) is 66.5 Å². The van der Waals surface area contributed by atoms with Gasteiger partial charge >= 0.3 is 6.03 Å². The quantitative estimate of drug-likeness (QED) is 0.510. The van der Waals surface area contributed by atoms with Crippen LogP contribution in [0.5, 0.6) is 0 Å². The van der Waals surface area contributed by atoms with E-state index in [0.29, 0.717) is 16.7 Å². The lowest BCUT2D eigenvalue weighted by Crippen LogP contribution is -2.50. The first-order chi connectivity index (χ1) is 15.1. The summed E-state index contributed by atoms with van der Waals surface area (Å²) in [6.07, 6.45) is 0. The monoisotopic (exact) mass is 406 g/mol. The van der Waals surface area contributed by atoms with Gasteiger partial charge in [0.15, 0.2) is 5.54 Å². The highest BCUT2D eigenvalue weighted by molar-refractivity contribution is 6.19. The Morgan fingerprint density at radius 2 is 1.23 bits per heavy atom. The predicted molar refractivity (Wildman–Crippen MR) is 117 cm³/mol. The predicted octanol–water partition coefficient (Wildman–Crippen LogP) is 4.48. The van der Waals surface area contributed by atoms with Crippen LogP contribution in [0.2, 0.25) is 0 Å². The fraction of sp³-hybridized carbons (Fsp3) is 0.0385. The van der Waals surface area contributed by atoms with E-state index >= 15 is 0 Å². The van der Waals surface area contributed by atoms with Crippen LogP contribution in [0.1, 0.15) is 21.5 Å². The Morgan fingerprint density at radius 1 is 0.677 bits per heavy atom. The van der Waals surface area contributed by atoms with E-state index in [1.807, 2.05) is 42.5 Å². The molecule has 4 amide bonds. The molecule has 1 aliphatic heterocycles. The molecule has 4 aromatic rings. The van der Waals surface area contributed by atoms with Crippen molar-refractivity contribution >= 4 is 28.6 Å². The number of nitrogens with zero attached hydrogens (tertiary/aromatic N) is 1. The van der Waals surface area contributed by atoms with Gasteiger partial charge in [-0.15, -0.1) is 0 Å². The van der Waals surface area contributed by atoms with Crippen LogP contribution in [0.25, 0.3) is 10.8 Å². The molecular weight excluding hydrogens is 388 g/mol. The van der Waals surface area contributed by atoms with Crippen molar-refractivity contribution in [3.05, 3.63) is 120 Å². The van der Waals surface area contributed by atoms with Crippen molar-refractivity contribution in [3.8, 4) is 0 Å². The molecule has 0 bridgehead atoms. The summed E-state index contributed by atoms with van der Waals surface area (Å²) in [5, 5.41) is 4.23. The molecule has 1 aliphatic rings. The molecule has 1 saturated heterocycles. The zero-order chi connectivity index (χ0) is 21.4. The highest BCUT2D eigenvalue weighted by atomic mass is 16.2. The first-order valence-electron chi connectivity index (χ1n) is 9.92. The number of benzene rings is 4. The second kappa shape index (κ2) is 7.22. The average Bonchev–Trinajstić information content (AvgIpc) is 3.09. The number of hydrogen-bond donors (Lipinski definition) is 1. The van der Waals surface area contributed by atoms with Gasteiger partial charge in [0.2, 0.25) is 0 Å². The van der Waals surface area contributed by atoms with Crippen molar-refractivity contribution in [3.63, 3.8) is 0 Å². The number of nitrogens with one attached hydrogen (secondary N) is 1. The molecule has 0 aromatic heterocycles. The summed E-state index contributed by atoms with van der Waals surface area (Å²) in [5.41, 5.74) is -0.181. The average molecular weight is 406 g/mol. The number of carbonyl (C=O) groups is 3. The van der Waals surface area contributed by atoms with Crippen molar-refractivity contribution in [1.29, 1.82) is 0 Å². The fourth-order valence-corrected chi connectivity index (χ4v) is 4.24. The van der Waals surface area contributed by atoms with Crippen LogP contribution in [-0.4, -0.2) is 22.7 Å². The normalized spacial score (nSPS) is 15.2. The van der Waals surface area contributed by atoms with Crippen molar-refractivity contribution in [2.24, 2.45) is 0 Å². The molecule has 4 aromatic carbocycles. The first-order valence-corrected chi connectivity index (χ1v) is 9.92. The Balaban J connectivity index is 1.73. The number of carbonyl (C=O) groups excluding carboxylic acids is 3. The van der Waals surface area contributed by atoms with Crippen LogP contribution in [-0.2, 0) is 10.3 Å². The van der Waals surface area contributed by atoms with Crippen LogP contribution < -0.4 is 5.32 Å². The van der Waals surface area contributed by atoms with Crippen LogP contribution >= 0.6 is 0 Å². The summed E-state index contributed by atoms with van der Waals surface area (Å²) in [4.78, 5) is 41.1. The number of amides is 4. The second-order valence-electron chi connectivity index (χ2n) is 7.40. The molecule has 1 fully saturated rings. The lowest BCUT2D eigenvalue weighted by atomic mass is 9.81. The molecule has 0 atom stereocenters. The summed E-state index contributed by atoms with van der Waals surface area (Å²) >= 11 is 0. The van der Waals surface area contributed by atoms with Crippen molar-refractivity contribution in [2.75, 3.05) is 0 Å². The third-order valence-electron chi connectivity index (χ3n) is 5.67. The molecule has 5 rings (SSSR count). The van der Waals surface area contributed by atoms with Crippen molar-refractivity contribution in [2.45, 2.75) is 5.54 Å². The molecule has 5 heteroatoms. The van der Waals surface area contributed by atoms with E-state index in [-0.39, 0.29) is 0 Å². The Hall–Kier alpha value is -4.25. The van der Waals surface area contributed by atoms with Crippen molar-refractivity contribution in [1.82, 2.24) is 10.2 Å². The van der Waals surface area contributed by atoms with Gasteiger partial charge in [-0.25, -0.2) is 9.69 Å². The zero-order valence-corrected chi connectivity index (χ0v) is 16.5. The molecule has 0 saturated carbocycles. The van der Waals surface area contributed by atoms with Gasteiger partial charge in [0.05, 0.1) is 0 Å². The Bertz CT molecular complexity index is 1280. The van der Waals surface area contributed by atoms with Gasteiger partial charge in [0.25, 0.3) is 11.8 Å². The van der Waals surface area contributed by atoms with E-state index in [4.69, 9.17) is 0 Å². The minimum atomic E-state index is -1.59. The van der Waals surface area contributed by atoms with E-state index in [0.717, 1.165) is 15.7 Å². The Kier molecular flexibility index (Phi) is 4.37. The maximum Gasteiger partial charge on any atom is 0.332 e. The molecule has 0 unspecified atom stereocenters. The SMILES string of the molecule is O=C1NC(=O)C(c2ccccc2)(c2ccccc2)N1C(=O)c1ccc2ccccc2c1. The summed E-state index contributed by atoms with van der Waals surface area (Å²) < 4.78 is 0. The first kappa shape index (κ1) is 18.8. The minimum absolute atomic E-state index is 0.333. The molecule has 1 N–H and O–H groups in total. The summed E-state index contributed by atoms with van der Waals surface area (Å²) in [6.45, 7) is 0.